The van der Waals surface area contributed by atoms with Gasteiger partial charge < -0.3 is 14.9 Å². The molecule has 6 heteroatoms. The zero-order valence-corrected chi connectivity index (χ0v) is 15.7. The highest BCUT2D eigenvalue weighted by Gasteiger charge is 2.33. The fourth-order valence-corrected chi connectivity index (χ4v) is 3.67. The Hall–Kier alpha value is -1.92. The molecule has 1 heterocycles. The van der Waals surface area contributed by atoms with Gasteiger partial charge in [0.05, 0.1) is 13.2 Å². The number of rotatable bonds is 6. The third-order valence-corrected chi connectivity index (χ3v) is 5.41. The maximum atomic E-state index is 12.8. The Morgan fingerprint density at radius 2 is 2.04 bits per heavy atom. The van der Waals surface area contributed by atoms with Gasteiger partial charge in [0.15, 0.2) is 0 Å². The maximum absolute atomic E-state index is 12.8. The molecule has 26 heavy (non-hydrogen) atoms. The zero-order chi connectivity index (χ0) is 18.7. The van der Waals surface area contributed by atoms with E-state index in [1.54, 1.807) is 24.3 Å². The number of hydrogen-bond acceptors (Lipinski definition) is 4. The van der Waals surface area contributed by atoms with Crippen molar-refractivity contribution in [2.75, 3.05) is 32.7 Å². The van der Waals surface area contributed by atoms with Crippen molar-refractivity contribution < 1.29 is 14.7 Å². The summed E-state index contributed by atoms with van der Waals surface area (Å²) in [6.07, 6.45) is 2.40. The molecule has 2 aliphatic rings. The molecule has 1 aromatic carbocycles. The first kappa shape index (κ1) is 18.9. The summed E-state index contributed by atoms with van der Waals surface area (Å²) in [6.45, 7) is 7.12. The van der Waals surface area contributed by atoms with Gasteiger partial charge in [0.2, 0.25) is 5.91 Å². The lowest BCUT2D eigenvalue weighted by Crippen LogP contribution is -2.56. The van der Waals surface area contributed by atoms with Gasteiger partial charge in [-0.1, -0.05) is 19.1 Å². The van der Waals surface area contributed by atoms with Crippen LogP contribution < -0.4 is 0 Å². The van der Waals surface area contributed by atoms with Crippen LogP contribution in [0.25, 0.3) is 0 Å². The van der Waals surface area contributed by atoms with Crippen molar-refractivity contribution in [3.63, 3.8) is 0 Å². The molecule has 0 radical (unpaired) electrons. The fourth-order valence-electron chi connectivity index (χ4n) is 3.67. The molecule has 0 bridgehead atoms. The SMILES string of the molecule is CCN(CC(=O)N1CCN(C(=O)c2cccc(CO)c2)[C@H](C)C1)C1CC1. The van der Waals surface area contributed by atoms with E-state index in [9.17, 15) is 14.7 Å². The van der Waals surface area contributed by atoms with E-state index in [0.29, 0.717) is 37.8 Å². The standard InChI is InChI=1S/C20H29N3O3/c1-3-21(18-7-8-18)13-19(25)22-9-10-23(15(2)12-22)20(26)17-6-4-5-16(11-17)14-24/h4-6,11,15,18,24H,3,7-10,12-14H2,1-2H3/t15-/m1/s1. The smallest absolute Gasteiger partial charge is 0.254 e. The largest absolute Gasteiger partial charge is 0.392 e. The summed E-state index contributed by atoms with van der Waals surface area (Å²) in [7, 11) is 0. The quantitative estimate of drug-likeness (QED) is 0.832. The van der Waals surface area contributed by atoms with Crippen LogP contribution in [-0.2, 0) is 11.4 Å². The second kappa shape index (κ2) is 8.18. The lowest BCUT2D eigenvalue weighted by Gasteiger charge is -2.40. The summed E-state index contributed by atoms with van der Waals surface area (Å²) >= 11 is 0. The van der Waals surface area contributed by atoms with Gasteiger partial charge in [0.1, 0.15) is 0 Å². The van der Waals surface area contributed by atoms with Crippen molar-refractivity contribution in [3.8, 4) is 0 Å². The van der Waals surface area contributed by atoms with E-state index in [4.69, 9.17) is 0 Å². The number of amides is 2. The van der Waals surface area contributed by atoms with Gasteiger partial charge in [0.25, 0.3) is 5.91 Å². The number of likely N-dealkylation sites (N-methyl/N-ethyl adjacent to an activating group) is 1. The number of nitrogens with zero attached hydrogens (tertiary/aromatic N) is 3. The average molecular weight is 359 g/mol. The Balaban J connectivity index is 1.58. The van der Waals surface area contributed by atoms with Crippen LogP contribution in [0.2, 0.25) is 0 Å². The molecule has 1 aliphatic heterocycles. The third kappa shape index (κ3) is 4.24. The molecule has 1 aliphatic carbocycles. The summed E-state index contributed by atoms with van der Waals surface area (Å²) in [6, 6.07) is 7.68. The molecule has 2 amide bonds. The van der Waals surface area contributed by atoms with Gasteiger partial charge in [0, 0.05) is 37.3 Å². The summed E-state index contributed by atoms with van der Waals surface area (Å²) in [5, 5.41) is 9.26. The van der Waals surface area contributed by atoms with Crippen LogP contribution in [0.4, 0.5) is 0 Å². The van der Waals surface area contributed by atoms with E-state index >= 15 is 0 Å². The summed E-state index contributed by atoms with van der Waals surface area (Å²) in [5.41, 5.74) is 1.33. The predicted octanol–water partition coefficient (Wildman–Crippen LogP) is 1.34. The third-order valence-electron chi connectivity index (χ3n) is 5.41. The van der Waals surface area contributed by atoms with Gasteiger partial charge in [-0.25, -0.2) is 0 Å². The number of aliphatic hydroxyl groups excluding tert-OH is 1. The Bertz CT molecular complexity index is 659. The van der Waals surface area contributed by atoms with Gasteiger partial charge in [-0.15, -0.1) is 0 Å². The van der Waals surface area contributed by atoms with Crippen molar-refractivity contribution >= 4 is 11.8 Å². The zero-order valence-electron chi connectivity index (χ0n) is 15.7. The number of carbonyl (C=O) groups excluding carboxylic acids is 2. The van der Waals surface area contributed by atoms with Gasteiger partial charge >= 0.3 is 0 Å². The highest BCUT2D eigenvalue weighted by molar-refractivity contribution is 5.94. The second-order valence-corrected chi connectivity index (χ2v) is 7.34. The van der Waals surface area contributed by atoms with Crippen molar-refractivity contribution in [2.24, 2.45) is 0 Å². The van der Waals surface area contributed by atoms with Crippen LogP contribution in [0.15, 0.2) is 24.3 Å². The van der Waals surface area contributed by atoms with Crippen LogP contribution in [0, 0.1) is 0 Å². The molecule has 142 valence electrons. The van der Waals surface area contributed by atoms with E-state index in [2.05, 4.69) is 11.8 Å². The number of piperazine rings is 1. The molecule has 2 fully saturated rings. The molecule has 1 aromatic rings. The molecule has 0 unspecified atom stereocenters. The summed E-state index contributed by atoms with van der Waals surface area (Å²) < 4.78 is 0. The Morgan fingerprint density at radius 1 is 1.27 bits per heavy atom. The summed E-state index contributed by atoms with van der Waals surface area (Å²) in [5.74, 6) is 0.132. The Morgan fingerprint density at radius 3 is 2.65 bits per heavy atom. The highest BCUT2D eigenvalue weighted by Crippen LogP contribution is 2.26. The van der Waals surface area contributed by atoms with Crippen LogP contribution in [0.3, 0.4) is 0 Å². The van der Waals surface area contributed by atoms with Crippen LogP contribution in [0.1, 0.15) is 42.6 Å². The lowest BCUT2D eigenvalue weighted by molar-refractivity contribution is -0.135. The van der Waals surface area contributed by atoms with Crippen molar-refractivity contribution in [1.82, 2.24) is 14.7 Å². The van der Waals surface area contributed by atoms with Crippen LogP contribution >= 0.6 is 0 Å². The number of carbonyl (C=O) groups is 2. The van der Waals surface area contributed by atoms with Crippen molar-refractivity contribution in [3.05, 3.63) is 35.4 Å². The van der Waals surface area contributed by atoms with Crippen LogP contribution in [-0.4, -0.2) is 76.4 Å². The van der Waals surface area contributed by atoms with Crippen LogP contribution in [0.5, 0.6) is 0 Å². The van der Waals surface area contributed by atoms with Crippen molar-refractivity contribution in [2.45, 2.75) is 45.4 Å². The van der Waals surface area contributed by atoms with E-state index in [0.717, 1.165) is 12.1 Å². The van der Waals surface area contributed by atoms with Crippen molar-refractivity contribution in [1.29, 1.82) is 0 Å². The first-order valence-electron chi connectivity index (χ1n) is 9.56. The molecular weight excluding hydrogens is 330 g/mol. The van der Waals surface area contributed by atoms with Gasteiger partial charge in [-0.3, -0.25) is 14.5 Å². The van der Waals surface area contributed by atoms with Gasteiger partial charge in [-0.05, 0) is 44.0 Å². The molecule has 0 spiro atoms. The summed E-state index contributed by atoms with van der Waals surface area (Å²) in [4.78, 5) is 31.4. The van der Waals surface area contributed by atoms with E-state index in [-0.39, 0.29) is 24.5 Å². The molecule has 0 aromatic heterocycles. The normalized spacial score (nSPS) is 20.5. The molecule has 1 saturated carbocycles. The first-order valence-corrected chi connectivity index (χ1v) is 9.56. The molecule has 1 N–H and O–H groups in total. The molecule has 1 saturated heterocycles. The minimum atomic E-state index is -0.0755. The van der Waals surface area contributed by atoms with E-state index in [1.165, 1.54) is 12.8 Å². The number of aliphatic hydroxyl groups is 1. The second-order valence-electron chi connectivity index (χ2n) is 7.34. The highest BCUT2D eigenvalue weighted by atomic mass is 16.3. The molecule has 3 rings (SSSR count). The predicted molar refractivity (Wildman–Crippen MR) is 99.7 cm³/mol. The average Bonchev–Trinajstić information content (AvgIpc) is 3.50. The Kier molecular flexibility index (Phi) is 5.94. The molecular formula is C20H29N3O3. The Labute approximate surface area is 155 Å². The number of benzene rings is 1. The minimum absolute atomic E-state index is 0.0195. The van der Waals surface area contributed by atoms with Gasteiger partial charge in [-0.2, -0.15) is 0 Å². The van der Waals surface area contributed by atoms with E-state index < -0.39 is 0 Å². The maximum Gasteiger partial charge on any atom is 0.254 e. The minimum Gasteiger partial charge on any atom is -0.392 e. The molecule has 6 nitrogen and oxygen atoms in total. The monoisotopic (exact) mass is 359 g/mol. The van der Waals surface area contributed by atoms with E-state index in [1.807, 2.05) is 16.7 Å². The molecule has 1 atom stereocenters. The fraction of sp³-hybridized carbons (Fsp3) is 0.600. The first-order chi connectivity index (χ1) is 12.5. The topological polar surface area (TPSA) is 64.1 Å². The number of hydrogen-bond donors (Lipinski definition) is 1. The lowest BCUT2D eigenvalue weighted by atomic mass is 10.1.